The summed E-state index contributed by atoms with van der Waals surface area (Å²) in [6, 6.07) is 17.9. The third kappa shape index (κ3) is 5.30. The summed E-state index contributed by atoms with van der Waals surface area (Å²) in [7, 11) is 1.58. The van der Waals surface area contributed by atoms with Gasteiger partial charge in [0.15, 0.2) is 0 Å². The number of hydrogen-bond acceptors (Lipinski definition) is 6. The molecule has 33 heavy (non-hydrogen) atoms. The number of aromatic nitrogens is 1. The van der Waals surface area contributed by atoms with Crippen LogP contribution in [0.4, 0.5) is 5.69 Å². The Morgan fingerprint density at radius 2 is 1.82 bits per heavy atom. The second kappa shape index (κ2) is 9.70. The first-order valence-electron chi connectivity index (χ1n) is 10.3. The van der Waals surface area contributed by atoms with Crippen LogP contribution < -0.4 is 15.4 Å². The number of oxazole rings is 1. The van der Waals surface area contributed by atoms with Crippen molar-refractivity contribution in [1.29, 1.82) is 0 Å². The number of ether oxygens (including phenoxy) is 1. The van der Waals surface area contributed by atoms with Gasteiger partial charge in [-0.3, -0.25) is 9.59 Å². The van der Waals surface area contributed by atoms with E-state index in [1.54, 1.807) is 38.3 Å². The average molecular weight is 462 g/mol. The highest BCUT2D eigenvalue weighted by Crippen LogP contribution is 2.25. The number of benzene rings is 2. The lowest BCUT2D eigenvalue weighted by molar-refractivity contribution is 0.0949. The quantitative estimate of drug-likeness (QED) is 0.394. The lowest BCUT2D eigenvalue weighted by Crippen LogP contribution is -2.23. The molecule has 0 unspecified atom stereocenters. The van der Waals surface area contributed by atoms with Crippen molar-refractivity contribution < 1.29 is 18.7 Å². The third-order valence-electron chi connectivity index (χ3n) is 4.99. The summed E-state index contributed by atoms with van der Waals surface area (Å²) in [6.07, 6.45) is 0. The number of hydrogen-bond donors (Lipinski definition) is 2. The number of carbonyl (C=O) groups excluding carboxylic acids is 2. The molecule has 0 spiro atoms. The molecule has 0 saturated carbocycles. The fraction of sp³-hybridized carbons (Fsp3) is 0.160. The molecule has 0 aliphatic rings. The van der Waals surface area contributed by atoms with Crippen LogP contribution in [0.5, 0.6) is 5.75 Å². The second-order valence-corrected chi connectivity index (χ2v) is 8.67. The molecule has 0 atom stereocenters. The van der Waals surface area contributed by atoms with Gasteiger partial charge in [-0.05, 0) is 68.4 Å². The fourth-order valence-electron chi connectivity index (χ4n) is 3.20. The maximum absolute atomic E-state index is 12.4. The van der Waals surface area contributed by atoms with E-state index >= 15 is 0 Å². The number of rotatable bonds is 7. The van der Waals surface area contributed by atoms with Crippen LogP contribution in [0.2, 0.25) is 0 Å². The van der Waals surface area contributed by atoms with Crippen molar-refractivity contribution in [2.24, 2.45) is 0 Å². The lowest BCUT2D eigenvalue weighted by atomic mass is 10.2. The minimum atomic E-state index is -0.213. The van der Waals surface area contributed by atoms with Crippen molar-refractivity contribution >= 4 is 28.8 Å². The molecule has 4 rings (SSSR count). The van der Waals surface area contributed by atoms with E-state index in [4.69, 9.17) is 9.15 Å². The number of aryl methyl sites for hydroxylation is 2. The van der Waals surface area contributed by atoms with Crippen LogP contribution in [0.25, 0.3) is 11.5 Å². The van der Waals surface area contributed by atoms with Gasteiger partial charge in [-0.15, -0.1) is 11.3 Å². The van der Waals surface area contributed by atoms with Crippen molar-refractivity contribution in [2.75, 3.05) is 12.4 Å². The number of amides is 2. The molecule has 2 amide bonds. The highest BCUT2D eigenvalue weighted by atomic mass is 32.1. The zero-order valence-corrected chi connectivity index (χ0v) is 19.3. The monoisotopic (exact) mass is 461 g/mol. The van der Waals surface area contributed by atoms with Crippen LogP contribution in [-0.4, -0.2) is 23.9 Å². The molecule has 4 aromatic rings. The number of methoxy groups -OCH3 is 1. The first-order chi connectivity index (χ1) is 15.9. The van der Waals surface area contributed by atoms with Gasteiger partial charge in [0.25, 0.3) is 11.8 Å². The van der Waals surface area contributed by atoms with E-state index in [0.717, 1.165) is 10.4 Å². The van der Waals surface area contributed by atoms with Crippen molar-refractivity contribution in [3.05, 3.63) is 87.4 Å². The predicted octanol–water partition coefficient (Wildman–Crippen LogP) is 5.21. The first kappa shape index (κ1) is 22.3. The summed E-state index contributed by atoms with van der Waals surface area (Å²) >= 11 is 1.45. The molecule has 0 aliphatic heterocycles. The van der Waals surface area contributed by atoms with Crippen LogP contribution in [0, 0.1) is 13.8 Å². The van der Waals surface area contributed by atoms with E-state index in [1.807, 2.05) is 43.3 Å². The van der Waals surface area contributed by atoms with Crippen molar-refractivity contribution in [1.82, 2.24) is 10.3 Å². The van der Waals surface area contributed by atoms with Crippen molar-refractivity contribution in [3.63, 3.8) is 0 Å². The van der Waals surface area contributed by atoms with E-state index in [-0.39, 0.29) is 18.4 Å². The maximum Gasteiger partial charge on any atom is 0.265 e. The molecule has 2 heterocycles. The van der Waals surface area contributed by atoms with Gasteiger partial charge in [-0.25, -0.2) is 4.98 Å². The Morgan fingerprint density at radius 3 is 2.52 bits per heavy atom. The van der Waals surface area contributed by atoms with Crippen molar-refractivity contribution in [2.45, 2.75) is 20.4 Å². The first-order valence-corrected chi connectivity index (χ1v) is 11.1. The molecule has 2 N–H and O–H groups in total. The summed E-state index contributed by atoms with van der Waals surface area (Å²) < 4.78 is 10.9. The van der Waals surface area contributed by atoms with Crippen LogP contribution in [0.3, 0.4) is 0 Å². The molecule has 2 aromatic heterocycles. The molecule has 2 aromatic carbocycles. The van der Waals surface area contributed by atoms with Gasteiger partial charge in [-0.2, -0.15) is 0 Å². The number of carbonyl (C=O) groups is 2. The fourth-order valence-corrected chi connectivity index (χ4v) is 3.97. The van der Waals surface area contributed by atoms with Gasteiger partial charge in [0.05, 0.1) is 18.5 Å². The highest BCUT2D eigenvalue weighted by Gasteiger charge is 2.15. The molecule has 0 bridgehead atoms. The molecule has 0 radical (unpaired) electrons. The largest absolute Gasteiger partial charge is 0.497 e. The maximum atomic E-state index is 12.4. The molecule has 7 nitrogen and oxygen atoms in total. The van der Waals surface area contributed by atoms with E-state index in [0.29, 0.717) is 39.2 Å². The Bertz CT molecular complexity index is 1290. The van der Waals surface area contributed by atoms with Crippen LogP contribution in [0.15, 0.2) is 65.1 Å². The van der Waals surface area contributed by atoms with E-state index in [2.05, 4.69) is 15.6 Å². The Kier molecular flexibility index (Phi) is 6.55. The average Bonchev–Trinajstić information content (AvgIpc) is 3.43. The Hall–Kier alpha value is -3.91. The molecule has 0 aliphatic carbocycles. The van der Waals surface area contributed by atoms with Gasteiger partial charge >= 0.3 is 0 Å². The molecule has 168 valence electrons. The van der Waals surface area contributed by atoms with Gasteiger partial charge in [-0.1, -0.05) is 6.07 Å². The zero-order valence-electron chi connectivity index (χ0n) is 18.5. The second-order valence-electron chi connectivity index (χ2n) is 7.38. The topological polar surface area (TPSA) is 93.5 Å². The normalized spacial score (nSPS) is 10.6. The van der Waals surface area contributed by atoms with Crippen LogP contribution in [0.1, 0.15) is 36.4 Å². The van der Waals surface area contributed by atoms with E-state index < -0.39 is 0 Å². The van der Waals surface area contributed by atoms with Gasteiger partial charge in [0.1, 0.15) is 17.2 Å². The van der Waals surface area contributed by atoms with Gasteiger partial charge in [0.2, 0.25) is 5.89 Å². The molecular formula is C25H23N3O4S. The zero-order chi connectivity index (χ0) is 23.4. The number of anilines is 1. The van der Waals surface area contributed by atoms with Crippen LogP contribution >= 0.6 is 11.3 Å². The predicted molar refractivity (Wildman–Crippen MR) is 128 cm³/mol. The smallest absolute Gasteiger partial charge is 0.265 e. The summed E-state index contributed by atoms with van der Waals surface area (Å²) in [4.78, 5) is 31.1. The Morgan fingerprint density at radius 1 is 1.03 bits per heavy atom. The standard InChI is InChI=1S/C25H23N3O4S/c1-15-7-12-22(33-15)24(30)27-19-6-4-5-18(13-19)25-28-21(16(2)32-25)14-26-23(29)17-8-10-20(31-3)11-9-17/h4-13H,14H2,1-3H3,(H,26,29)(H,27,30). The summed E-state index contributed by atoms with van der Waals surface area (Å²) in [5, 5.41) is 5.76. The Balaban J connectivity index is 1.43. The lowest BCUT2D eigenvalue weighted by Gasteiger charge is -2.05. The number of nitrogens with one attached hydrogen (secondary N) is 2. The minimum Gasteiger partial charge on any atom is -0.497 e. The molecule has 0 saturated heterocycles. The van der Waals surface area contributed by atoms with Gasteiger partial charge < -0.3 is 19.8 Å². The van der Waals surface area contributed by atoms with E-state index in [9.17, 15) is 9.59 Å². The van der Waals surface area contributed by atoms with E-state index in [1.165, 1.54) is 11.3 Å². The Labute approximate surface area is 195 Å². The molecular weight excluding hydrogens is 438 g/mol. The van der Waals surface area contributed by atoms with Crippen molar-refractivity contribution in [3.8, 4) is 17.2 Å². The van der Waals surface area contributed by atoms with Gasteiger partial charge in [0, 0.05) is 21.7 Å². The molecule has 8 heteroatoms. The SMILES string of the molecule is COc1ccc(C(=O)NCc2nc(-c3cccc(NC(=O)c4ccc(C)s4)c3)oc2C)cc1. The third-order valence-corrected chi connectivity index (χ3v) is 5.99. The minimum absolute atomic E-state index is 0.157. The summed E-state index contributed by atoms with van der Waals surface area (Å²) in [6.45, 7) is 3.99. The number of nitrogens with zero attached hydrogens (tertiary/aromatic N) is 1. The van der Waals surface area contributed by atoms with Crippen LogP contribution in [-0.2, 0) is 6.54 Å². The summed E-state index contributed by atoms with van der Waals surface area (Å²) in [5.41, 5.74) is 2.54. The number of thiophene rings is 1. The molecule has 0 fully saturated rings. The summed E-state index contributed by atoms with van der Waals surface area (Å²) in [5.74, 6) is 1.35. The highest BCUT2D eigenvalue weighted by molar-refractivity contribution is 7.14.